The normalized spacial score (nSPS) is 18.1. The Kier molecular flexibility index (Phi) is 6.27. The SMILES string of the molecule is CCCCC[C@@H](c1c(F)cccc1Cl)N1CCNCC1. The topological polar surface area (TPSA) is 15.3 Å². The molecular formula is C16H24ClFN2. The molecular weight excluding hydrogens is 275 g/mol. The molecule has 0 aromatic heterocycles. The summed E-state index contributed by atoms with van der Waals surface area (Å²) in [4.78, 5) is 2.37. The van der Waals surface area contributed by atoms with Crippen LogP contribution in [0.1, 0.15) is 44.2 Å². The summed E-state index contributed by atoms with van der Waals surface area (Å²) in [6, 6.07) is 5.12. The zero-order valence-electron chi connectivity index (χ0n) is 12.2. The molecule has 2 nitrogen and oxygen atoms in total. The molecule has 0 aliphatic carbocycles. The highest BCUT2D eigenvalue weighted by molar-refractivity contribution is 6.31. The number of piperazine rings is 1. The Labute approximate surface area is 126 Å². The van der Waals surface area contributed by atoms with Gasteiger partial charge in [0.1, 0.15) is 5.82 Å². The fraction of sp³-hybridized carbons (Fsp3) is 0.625. The predicted molar refractivity (Wildman–Crippen MR) is 82.7 cm³/mol. The van der Waals surface area contributed by atoms with E-state index in [1.807, 2.05) is 0 Å². The van der Waals surface area contributed by atoms with Gasteiger partial charge in [-0.25, -0.2) is 4.39 Å². The lowest BCUT2D eigenvalue weighted by molar-refractivity contribution is 0.159. The fourth-order valence-corrected chi connectivity index (χ4v) is 3.21. The Balaban J connectivity index is 2.20. The molecule has 1 atom stereocenters. The largest absolute Gasteiger partial charge is 0.314 e. The van der Waals surface area contributed by atoms with E-state index in [9.17, 15) is 4.39 Å². The van der Waals surface area contributed by atoms with E-state index in [4.69, 9.17) is 11.6 Å². The molecule has 1 heterocycles. The number of nitrogens with one attached hydrogen (secondary N) is 1. The van der Waals surface area contributed by atoms with Crippen LogP contribution in [0.4, 0.5) is 4.39 Å². The van der Waals surface area contributed by atoms with Crippen LogP contribution in [0.2, 0.25) is 5.02 Å². The molecule has 1 aromatic rings. The maximum Gasteiger partial charge on any atom is 0.129 e. The average Bonchev–Trinajstić information content (AvgIpc) is 2.46. The number of unbranched alkanes of at least 4 members (excludes halogenated alkanes) is 2. The minimum Gasteiger partial charge on any atom is -0.314 e. The fourth-order valence-electron chi connectivity index (χ4n) is 2.92. The van der Waals surface area contributed by atoms with E-state index in [0.29, 0.717) is 10.6 Å². The maximum absolute atomic E-state index is 14.2. The second-order valence-electron chi connectivity index (χ2n) is 5.43. The number of rotatable bonds is 6. The Morgan fingerprint density at radius 2 is 2.05 bits per heavy atom. The number of hydrogen-bond donors (Lipinski definition) is 1. The molecule has 4 heteroatoms. The first kappa shape index (κ1) is 15.7. The summed E-state index contributed by atoms with van der Waals surface area (Å²) in [5, 5.41) is 3.91. The smallest absolute Gasteiger partial charge is 0.129 e. The third-order valence-electron chi connectivity index (χ3n) is 4.01. The summed E-state index contributed by atoms with van der Waals surface area (Å²) < 4.78 is 14.2. The van der Waals surface area contributed by atoms with Crippen molar-refractivity contribution in [3.63, 3.8) is 0 Å². The van der Waals surface area contributed by atoms with Crippen molar-refractivity contribution >= 4 is 11.6 Å². The first-order valence-electron chi connectivity index (χ1n) is 7.62. The first-order chi connectivity index (χ1) is 9.74. The van der Waals surface area contributed by atoms with E-state index in [0.717, 1.165) is 39.0 Å². The van der Waals surface area contributed by atoms with Gasteiger partial charge in [-0.05, 0) is 18.6 Å². The van der Waals surface area contributed by atoms with Gasteiger partial charge in [-0.15, -0.1) is 0 Å². The van der Waals surface area contributed by atoms with Crippen molar-refractivity contribution in [2.24, 2.45) is 0 Å². The Bertz CT molecular complexity index is 399. The molecule has 112 valence electrons. The van der Waals surface area contributed by atoms with Crippen LogP contribution in [-0.2, 0) is 0 Å². The van der Waals surface area contributed by atoms with Crippen LogP contribution in [-0.4, -0.2) is 31.1 Å². The highest BCUT2D eigenvalue weighted by Gasteiger charge is 2.26. The molecule has 1 aliphatic heterocycles. The number of nitrogens with zero attached hydrogens (tertiary/aromatic N) is 1. The second kappa shape index (κ2) is 7.96. The van der Waals surface area contributed by atoms with E-state index >= 15 is 0 Å². The van der Waals surface area contributed by atoms with Crippen LogP contribution < -0.4 is 5.32 Å². The van der Waals surface area contributed by atoms with Gasteiger partial charge in [-0.1, -0.05) is 43.9 Å². The molecule has 1 fully saturated rings. The van der Waals surface area contributed by atoms with Crippen molar-refractivity contribution in [1.29, 1.82) is 0 Å². The van der Waals surface area contributed by atoms with Crippen molar-refractivity contribution in [1.82, 2.24) is 10.2 Å². The summed E-state index contributed by atoms with van der Waals surface area (Å²) in [7, 11) is 0. The number of hydrogen-bond acceptors (Lipinski definition) is 2. The van der Waals surface area contributed by atoms with Gasteiger partial charge in [-0.2, -0.15) is 0 Å². The third kappa shape index (κ3) is 3.94. The predicted octanol–water partition coefficient (Wildman–Crippen LogP) is 4.01. The average molecular weight is 299 g/mol. The Morgan fingerprint density at radius 1 is 1.30 bits per heavy atom. The lowest BCUT2D eigenvalue weighted by Gasteiger charge is -2.36. The van der Waals surface area contributed by atoms with Crippen molar-refractivity contribution in [3.8, 4) is 0 Å². The van der Waals surface area contributed by atoms with Crippen molar-refractivity contribution in [2.75, 3.05) is 26.2 Å². The maximum atomic E-state index is 14.2. The highest BCUT2D eigenvalue weighted by atomic mass is 35.5. The molecule has 0 radical (unpaired) electrons. The van der Waals surface area contributed by atoms with Gasteiger partial charge in [0.15, 0.2) is 0 Å². The van der Waals surface area contributed by atoms with Gasteiger partial charge in [0.05, 0.1) is 0 Å². The van der Waals surface area contributed by atoms with Gasteiger partial charge in [0.2, 0.25) is 0 Å². The lowest BCUT2D eigenvalue weighted by Crippen LogP contribution is -2.45. The van der Waals surface area contributed by atoms with Gasteiger partial charge < -0.3 is 5.32 Å². The minimum absolute atomic E-state index is 0.109. The molecule has 0 bridgehead atoms. The Morgan fingerprint density at radius 3 is 2.70 bits per heavy atom. The minimum atomic E-state index is -0.169. The molecule has 1 N–H and O–H groups in total. The highest BCUT2D eigenvalue weighted by Crippen LogP contribution is 2.33. The van der Waals surface area contributed by atoms with E-state index < -0.39 is 0 Å². The van der Waals surface area contributed by atoms with E-state index in [1.54, 1.807) is 12.1 Å². The molecule has 0 amide bonds. The second-order valence-corrected chi connectivity index (χ2v) is 5.84. The van der Waals surface area contributed by atoms with Crippen LogP contribution in [0.25, 0.3) is 0 Å². The molecule has 1 saturated heterocycles. The van der Waals surface area contributed by atoms with E-state index in [2.05, 4.69) is 17.1 Å². The van der Waals surface area contributed by atoms with Crippen LogP contribution in [0.15, 0.2) is 18.2 Å². The van der Waals surface area contributed by atoms with Crippen LogP contribution in [0, 0.1) is 5.82 Å². The number of benzene rings is 1. The van der Waals surface area contributed by atoms with Crippen molar-refractivity contribution in [3.05, 3.63) is 34.6 Å². The van der Waals surface area contributed by atoms with Gasteiger partial charge in [0, 0.05) is 42.8 Å². The molecule has 0 saturated carbocycles. The Hall–Kier alpha value is -0.640. The molecule has 20 heavy (non-hydrogen) atoms. The quantitative estimate of drug-likeness (QED) is 0.799. The summed E-state index contributed by atoms with van der Waals surface area (Å²) in [6.07, 6.45) is 4.47. The molecule has 0 spiro atoms. The summed E-state index contributed by atoms with van der Waals surface area (Å²) in [5.41, 5.74) is 0.687. The molecule has 2 rings (SSSR count). The van der Waals surface area contributed by atoms with Gasteiger partial charge >= 0.3 is 0 Å². The molecule has 1 aromatic carbocycles. The summed E-state index contributed by atoms with van der Waals surface area (Å²) in [6.45, 7) is 6.05. The summed E-state index contributed by atoms with van der Waals surface area (Å²) in [5.74, 6) is -0.169. The van der Waals surface area contributed by atoms with Crippen LogP contribution >= 0.6 is 11.6 Å². The summed E-state index contributed by atoms with van der Waals surface area (Å²) >= 11 is 6.27. The zero-order valence-corrected chi connectivity index (χ0v) is 12.9. The van der Waals surface area contributed by atoms with Crippen LogP contribution in [0.5, 0.6) is 0 Å². The van der Waals surface area contributed by atoms with Gasteiger partial charge in [-0.3, -0.25) is 4.90 Å². The van der Waals surface area contributed by atoms with Crippen molar-refractivity contribution in [2.45, 2.75) is 38.6 Å². The lowest BCUT2D eigenvalue weighted by atomic mass is 9.97. The monoisotopic (exact) mass is 298 g/mol. The van der Waals surface area contributed by atoms with Gasteiger partial charge in [0.25, 0.3) is 0 Å². The zero-order chi connectivity index (χ0) is 14.4. The van der Waals surface area contributed by atoms with Crippen molar-refractivity contribution < 1.29 is 4.39 Å². The first-order valence-corrected chi connectivity index (χ1v) is 8.00. The molecule has 0 unspecified atom stereocenters. The van der Waals surface area contributed by atoms with Crippen LogP contribution in [0.3, 0.4) is 0 Å². The third-order valence-corrected chi connectivity index (χ3v) is 4.34. The molecule has 1 aliphatic rings. The standard InChI is InChI=1S/C16H24ClFN2/c1-2-3-4-8-15(20-11-9-19-10-12-20)16-13(17)6-5-7-14(16)18/h5-7,15,19H,2-4,8-12H2,1H3/t15-/m0/s1. The van der Waals surface area contributed by atoms with E-state index in [-0.39, 0.29) is 11.9 Å². The van der Waals surface area contributed by atoms with E-state index in [1.165, 1.54) is 18.9 Å². The number of halogens is 2.